The lowest BCUT2D eigenvalue weighted by molar-refractivity contribution is -0.145. The van der Waals surface area contributed by atoms with E-state index in [1.807, 2.05) is 18.2 Å². The van der Waals surface area contributed by atoms with Gasteiger partial charge in [0.1, 0.15) is 0 Å². The lowest BCUT2D eigenvalue weighted by Crippen LogP contribution is -2.49. The molecule has 1 heterocycles. The van der Waals surface area contributed by atoms with Crippen LogP contribution in [0.1, 0.15) is 45.1 Å². The smallest absolute Gasteiger partial charge is 0.229 e. The largest absolute Gasteiger partial charge is 0.338 e. The summed E-state index contributed by atoms with van der Waals surface area (Å²) in [5, 5.41) is 3.38. The maximum Gasteiger partial charge on any atom is 0.229 e. The predicted octanol–water partition coefficient (Wildman–Crippen LogP) is 3.21. The molecule has 1 N–H and O–H groups in total. The van der Waals surface area contributed by atoms with Crippen LogP contribution in [0.25, 0.3) is 0 Å². The highest BCUT2D eigenvalue weighted by molar-refractivity contribution is 5.83. The van der Waals surface area contributed by atoms with Crippen LogP contribution in [0.15, 0.2) is 30.3 Å². The van der Waals surface area contributed by atoms with Crippen LogP contribution in [0, 0.1) is 5.41 Å². The Kier molecular flexibility index (Phi) is 5.80. The van der Waals surface area contributed by atoms with Gasteiger partial charge in [-0.1, -0.05) is 44.2 Å². The number of hydrogen-bond acceptors (Lipinski definition) is 2. The summed E-state index contributed by atoms with van der Waals surface area (Å²) in [5.74, 6) is 0.359. The van der Waals surface area contributed by atoms with Gasteiger partial charge in [-0.25, -0.2) is 0 Å². The Hall–Kier alpha value is -1.35. The summed E-state index contributed by atoms with van der Waals surface area (Å²) >= 11 is 0. The maximum absolute atomic E-state index is 13.1. The highest BCUT2D eigenvalue weighted by Crippen LogP contribution is 2.35. The average molecular weight is 288 g/mol. The first kappa shape index (κ1) is 16.0. The molecule has 1 aromatic rings. The van der Waals surface area contributed by atoms with Gasteiger partial charge in [0, 0.05) is 13.1 Å². The molecule has 0 atom stereocenters. The quantitative estimate of drug-likeness (QED) is 0.872. The molecule has 1 amide bonds. The van der Waals surface area contributed by atoms with E-state index in [-0.39, 0.29) is 5.41 Å². The van der Waals surface area contributed by atoms with Crippen molar-refractivity contribution >= 4 is 5.91 Å². The Labute approximate surface area is 128 Å². The molecule has 0 aromatic heterocycles. The minimum Gasteiger partial charge on any atom is -0.338 e. The number of nitrogens with zero attached hydrogens (tertiary/aromatic N) is 1. The Morgan fingerprint density at radius 1 is 1.19 bits per heavy atom. The molecule has 0 bridgehead atoms. The van der Waals surface area contributed by atoms with E-state index in [9.17, 15) is 4.79 Å². The number of benzene rings is 1. The van der Waals surface area contributed by atoms with Gasteiger partial charge >= 0.3 is 0 Å². The van der Waals surface area contributed by atoms with Crippen LogP contribution in [0.3, 0.4) is 0 Å². The Bertz CT molecular complexity index is 438. The Morgan fingerprint density at radius 2 is 1.86 bits per heavy atom. The zero-order valence-electron chi connectivity index (χ0n) is 13.4. The van der Waals surface area contributed by atoms with E-state index in [0.29, 0.717) is 5.91 Å². The molecule has 0 saturated carbocycles. The van der Waals surface area contributed by atoms with Crippen molar-refractivity contribution in [2.75, 3.05) is 19.6 Å². The number of carbonyl (C=O) groups is 1. The summed E-state index contributed by atoms with van der Waals surface area (Å²) in [6, 6.07) is 10.3. The van der Waals surface area contributed by atoms with Gasteiger partial charge in [0.25, 0.3) is 0 Å². The topological polar surface area (TPSA) is 32.3 Å². The second kappa shape index (κ2) is 7.60. The average Bonchev–Trinajstić information content (AvgIpc) is 2.55. The highest BCUT2D eigenvalue weighted by atomic mass is 16.2. The summed E-state index contributed by atoms with van der Waals surface area (Å²) in [5.41, 5.74) is 1.08. The molecule has 3 heteroatoms. The molecular formula is C18H28N2O. The third-order valence-corrected chi connectivity index (χ3v) is 4.69. The SMILES string of the molecule is CCCN(Cc1ccccc1)C(=O)C1(CC)CCNCC1. The van der Waals surface area contributed by atoms with Gasteiger partial charge in [-0.2, -0.15) is 0 Å². The first-order chi connectivity index (χ1) is 10.2. The van der Waals surface area contributed by atoms with Crippen LogP contribution < -0.4 is 5.32 Å². The fourth-order valence-corrected chi connectivity index (χ4v) is 3.29. The van der Waals surface area contributed by atoms with Crippen molar-refractivity contribution in [1.29, 1.82) is 0 Å². The molecule has 1 aliphatic rings. The van der Waals surface area contributed by atoms with Crippen LogP contribution in [0.5, 0.6) is 0 Å². The van der Waals surface area contributed by atoms with Crippen molar-refractivity contribution in [3.8, 4) is 0 Å². The molecule has 116 valence electrons. The van der Waals surface area contributed by atoms with E-state index in [4.69, 9.17) is 0 Å². The number of nitrogens with one attached hydrogen (secondary N) is 1. The van der Waals surface area contributed by atoms with Crippen molar-refractivity contribution in [3.05, 3.63) is 35.9 Å². The van der Waals surface area contributed by atoms with Crippen LogP contribution in [-0.4, -0.2) is 30.4 Å². The molecule has 0 spiro atoms. The predicted molar refractivity (Wildman–Crippen MR) is 87.0 cm³/mol. The van der Waals surface area contributed by atoms with E-state index >= 15 is 0 Å². The molecule has 1 saturated heterocycles. The zero-order chi connectivity index (χ0) is 15.1. The molecular weight excluding hydrogens is 260 g/mol. The van der Waals surface area contributed by atoms with Crippen LogP contribution in [0.2, 0.25) is 0 Å². The van der Waals surface area contributed by atoms with Gasteiger partial charge in [-0.15, -0.1) is 0 Å². The fraction of sp³-hybridized carbons (Fsp3) is 0.611. The first-order valence-corrected chi connectivity index (χ1v) is 8.26. The highest BCUT2D eigenvalue weighted by Gasteiger charge is 2.40. The summed E-state index contributed by atoms with van der Waals surface area (Å²) < 4.78 is 0. The van der Waals surface area contributed by atoms with E-state index < -0.39 is 0 Å². The molecule has 0 aliphatic carbocycles. The molecule has 1 aliphatic heterocycles. The summed E-state index contributed by atoms with van der Waals surface area (Å²) in [6.45, 7) is 7.82. The van der Waals surface area contributed by atoms with Crippen LogP contribution in [-0.2, 0) is 11.3 Å². The van der Waals surface area contributed by atoms with Crippen molar-refractivity contribution < 1.29 is 4.79 Å². The molecule has 2 rings (SSSR count). The van der Waals surface area contributed by atoms with Gasteiger partial charge in [0.15, 0.2) is 0 Å². The number of carbonyl (C=O) groups excluding carboxylic acids is 1. The maximum atomic E-state index is 13.1. The van der Waals surface area contributed by atoms with Crippen molar-refractivity contribution in [2.24, 2.45) is 5.41 Å². The minimum atomic E-state index is -0.144. The van der Waals surface area contributed by atoms with Gasteiger partial charge in [0.05, 0.1) is 5.41 Å². The molecule has 21 heavy (non-hydrogen) atoms. The van der Waals surface area contributed by atoms with Crippen molar-refractivity contribution in [3.63, 3.8) is 0 Å². The normalized spacial score (nSPS) is 17.4. The van der Waals surface area contributed by atoms with Gasteiger partial charge in [0.2, 0.25) is 5.91 Å². The summed E-state index contributed by atoms with van der Waals surface area (Å²) in [4.78, 5) is 15.2. The lowest BCUT2D eigenvalue weighted by atomic mass is 9.75. The van der Waals surface area contributed by atoms with Crippen LogP contribution in [0.4, 0.5) is 0 Å². The summed E-state index contributed by atoms with van der Waals surface area (Å²) in [6.07, 6.45) is 3.90. The molecule has 3 nitrogen and oxygen atoms in total. The van der Waals surface area contributed by atoms with Gasteiger partial charge in [-0.3, -0.25) is 4.79 Å². The monoisotopic (exact) mass is 288 g/mol. The molecule has 0 radical (unpaired) electrons. The number of piperidine rings is 1. The molecule has 0 unspecified atom stereocenters. The van der Waals surface area contributed by atoms with E-state index in [2.05, 4.69) is 36.2 Å². The Morgan fingerprint density at radius 3 is 2.43 bits per heavy atom. The number of amides is 1. The second-order valence-corrected chi connectivity index (χ2v) is 6.10. The molecule has 1 aromatic carbocycles. The van der Waals surface area contributed by atoms with Crippen molar-refractivity contribution in [1.82, 2.24) is 10.2 Å². The van der Waals surface area contributed by atoms with Crippen LogP contribution >= 0.6 is 0 Å². The molecule has 1 fully saturated rings. The van der Waals surface area contributed by atoms with Gasteiger partial charge < -0.3 is 10.2 Å². The number of hydrogen-bond donors (Lipinski definition) is 1. The minimum absolute atomic E-state index is 0.144. The zero-order valence-corrected chi connectivity index (χ0v) is 13.4. The van der Waals surface area contributed by atoms with E-state index in [1.54, 1.807) is 0 Å². The van der Waals surface area contributed by atoms with E-state index in [1.165, 1.54) is 5.56 Å². The van der Waals surface area contributed by atoms with Gasteiger partial charge in [-0.05, 0) is 44.3 Å². The third-order valence-electron chi connectivity index (χ3n) is 4.69. The third kappa shape index (κ3) is 3.85. The lowest BCUT2D eigenvalue weighted by Gasteiger charge is -2.39. The first-order valence-electron chi connectivity index (χ1n) is 8.26. The van der Waals surface area contributed by atoms with Crippen molar-refractivity contribution in [2.45, 2.75) is 46.1 Å². The standard InChI is InChI=1S/C18H28N2O/c1-3-14-20(15-16-8-6-5-7-9-16)17(21)18(4-2)10-12-19-13-11-18/h5-9,19H,3-4,10-15H2,1-2H3. The second-order valence-electron chi connectivity index (χ2n) is 6.10. The fourth-order valence-electron chi connectivity index (χ4n) is 3.29. The van der Waals surface area contributed by atoms with E-state index in [0.717, 1.165) is 51.9 Å². The Balaban J connectivity index is 2.14. The summed E-state index contributed by atoms with van der Waals surface area (Å²) in [7, 11) is 0. The number of rotatable bonds is 6.